The van der Waals surface area contributed by atoms with Crippen molar-refractivity contribution in [1.82, 2.24) is 0 Å². The topological polar surface area (TPSA) is 173 Å². The van der Waals surface area contributed by atoms with E-state index in [0.717, 1.165) is 58.5 Å². The number of carbonyl (C=O) groups excluding carboxylic acids is 2. The second-order valence-corrected chi connectivity index (χ2v) is 22.3. The van der Waals surface area contributed by atoms with E-state index in [1.54, 1.807) is 60.7 Å². The van der Waals surface area contributed by atoms with Gasteiger partial charge in [0, 0.05) is 45.3 Å². The molecule has 1 aliphatic rings. The van der Waals surface area contributed by atoms with E-state index in [2.05, 4.69) is 0 Å². The Morgan fingerprint density at radius 3 is 1.44 bits per heavy atom. The van der Waals surface area contributed by atoms with Gasteiger partial charge in [-0.25, -0.2) is 53.5 Å². The SMILES string of the molecule is CCN(CCOC(=O)c1cc(OCc2ccccc2)cc(OCc2ccccc2)c1)c1ccc(/C=C/c2cc(COC(=O)c3cc(OCc4c(F)c(F)c(F)c(F)c4F)cc(OCc4c(F)c(F)c(F)c(F)c4F)c3)c(/C=C/C3=C(C#N)C(=C(C#N)C#N)OC3(C)C(F)(F)F)s2)cc1. The summed E-state index contributed by atoms with van der Waals surface area (Å²) in [6.07, 6.45) is -0.126. The summed E-state index contributed by atoms with van der Waals surface area (Å²) in [6, 6.07) is 38.8. The molecular weight excluding hydrogens is 1330 g/mol. The number of hydrogen-bond acceptors (Lipinski definition) is 14. The number of esters is 2. The summed E-state index contributed by atoms with van der Waals surface area (Å²) < 4.78 is 227. The minimum Gasteiger partial charge on any atom is -0.489 e. The van der Waals surface area contributed by atoms with Crippen LogP contribution in [0.3, 0.4) is 0 Å². The monoisotopic (exact) mass is 1380 g/mol. The molecule has 0 radical (unpaired) electrons. The molecule has 2 heterocycles. The third kappa shape index (κ3) is 16.1. The van der Waals surface area contributed by atoms with Gasteiger partial charge >= 0.3 is 18.1 Å². The fourth-order valence-corrected chi connectivity index (χ4v) is 10.5. The minimum atomic E-state index is -5.27. The molecule has 1 aliphatic heterocycles. The largest absolute Gasteiger partial charge is 0.489 e. The summed E-state index contributed by atoms with van der Waals surface area (Å²) in [4.78, 5) is 29.9. The highest BCUT2D eigenvalue weighted by Gasteiger charge is 2.61. The predicted octanol–water partition coefficient (Wildman–Crippen LogP) is 17.2. The van der Waals surface area contributed by atoms with Crippen LogP contribution in [0.1, 0.15) is 77.7 Å². The van der Waals surface area contributed by atoms with Crippen molar-refractivity contribution < 1.29 is 99.8 Å². The van der Waals surface area contributed by atoms with Gasteiger partial charge in [-0.2, -0.15) is 29.0 Å². The highest BCUT2D eigenvalue weighted by molar-refractivity contribution is 7.14. The highest BCUT2D eigenvalue weighted by Crippen LogP contribution is 2.50. The first-order chi connectivity index (χ1) is 46.9. The van der Waals surface area contributed by atoms with Gasteiger partial charge in [0.2, 0.25) is 17.2 Å². The van der Waals surface area contributed by atoms with Gasteiger partial charge in [0.05, 0.1) is 28.8 Å². The van der Waals surface area contributed by atoms with Crippen molar-refractivity contribution in [1.29, 1.82) is 15.8 Å². The molecule has 9 rings (SSSR count). The van der Waals surface area contributed by atoms with E-state index < -0.39 is 152 Å². The Hall–Kier alpha value is -11.5. The maximum Gasteiger partial charge on any atom is 0.432 e. The average molecular weight is 1380 g/mol. The van der Waals surface area contributed by atoms with Gasteiger partial charge in [0.25, 0.3) is 0 Å². The zero-order valence-electron chi connectivity index (χ0n) is 50.9. The Morgan fingerprint density at radius 1 is 0.551 bits per heavy atom. The summed E-state index contributed by atoms with van der Waals surface area (Å²) in [5, 5.41) is 29.2. The Balaban J connectivity index is 0.966. The first-order valence-corrected chi connectivity index (χ1v) is 29.7. The lowest BCUT2D eigenvalue weighted by Gasteiger charge is -2.28. The molecule has 1 aromatic heterocycles. The molecule has 0 amide bonds. The highest BCUT2D eigenvalue weighted by atomic mass is 32.1. The second-order valence-electron chi connectivity index (χ2n) is 21.2. The molecule has 0 fully saturated rings. The molecule has 8 aromatic rings. The molecule has 0 spiro atoms. The lowest BCUT2D eigenvalue weighted by atomic mass is 9.92. The maximum absolute atomic E-state index is 14.9. The first-order valence-electron chi connectivity index (χ1n) is 28.9. The number of halogens is 13. The Labute approximate surface area is 553 Å². The third-order valence-electron chi connectivity index (χ3n) is 14.8. The predicted molar refractivity (Wildman–Crippen MR) is 328 cm³/mol. The van der Waals surface area contributed by atoms with Crippen LogP contribution in [0.25, 0.3) is 18.2 Å². The maximum atomic E-state index is 14.9. The third-order valence-corrected chi connectivity index (χ3v) is 15.9. The number of alkyl halides is 3. The number of likely N-dealkylation sites (N-methyl/N-ethyl adjacent to an activating group) is 1. The van der Waals surface area contributed by atoms with Crippen LogP contribution >= 0.6 is 11.3 Å². The molecule has 27 heteroatoms. The van der Waals surface area contributed by atoms with Gasteiger partial charge in [-0.05, 0) is 85.2 Å². The number of benzene rings is 7. The van der Waals surface area contributed by atoms with Crippen LogP contribution in [0.2, 0.25) is 0 Å². The molecule has 7 aromatic carbocycles. The van der Waals surface area contributed by atoms with Crippen molar-refractivity contribution in [2.45, 2.75) is 58.7 Å². The van der Waals surface area contributed by atoms with Crippen LogP contribution in [0.15, 0.2) is 156 Å². The summed E-state index contributed by atoms with van der Waals surface area (Å²) in [5.74, 6) is -27.3. The van der Waals surface area contributed by atoms with Gasteiger partial charge in [0.15, 0.2) is 57.9 Å². The number of carbonyl (C=O) groups is 2. The van der Waals surface area contributed by atoms with Crippen molar-refractivity contribution in [3.05, 3.63) is 268 Å². The molecule has 98 heavy (non-hydrogen) atoms. The number of hydrogen-bond donors (Lipinski definition) is 0. The zero-order valence-corrected chi connectivity index (χ0v) is 51.7. The van der Waals surface area contributed by atoms with Gasteiger partial charge in [-0.3, -0.25) is 0 Å². The Kier molecular flexibility index (Phi) is 22.3. The summed E-state index contributed by atoms with van der Waals surface area (Å²) in [6.45, 7) is -0.0862. The van der Waals surface area contributed by atoms with Crippen LogP contribution in [-0.2, 0) is 47.2 Å². The zero-order chi connectivity index (χ0) is 70.6. The fourth-order valence-electron chi connectivity index (χ4n) is 9.56. The van der Waals surface area contributed by atoms with E-state index in [1.807, 2.05) is 72.5 Å². The van der Waals surface area contributed by atoms with Crippen LogP contribution in [0.4, 0.5) is 62.8 Å². The van der Waals surface area contributed by atoms with E-state index >= 15 is 0 Å². The van der Waals surface area contributed by atoms with Crippen molar-refractivity contribution in [2.75, 3.05) is 24.6 Å². The smallest absolute Gasteiger partial charge is 0.432 e. The quantitative estimate of drug-likeness (QED) is 0.0174. The normalized spacial score (nSPS) is 13.6. The average Bonchev–Trinajstić information content (AvgIpc) is 1.59. The second kappa shape index (κ2) is 30.9. The van der Waals surface area contributed by atoms with E-state index in [9.17, 15) is 82.5 Å². The first kappa shape index (κ1) is 70.8. The molecule has 502 valence electrons. The standard InChI is InChI=1S/C71H47F13N4O9S/c1-3-88(22-23-91-68(89)42-24-47(92-34-40-10-6-4-7-11-40)29-48(25-42)93-35-41-12-8-5-9-13-41)46-17-14-39(15-18-46)16-19-51-28-44(56(98-51)21-20-55-52(33-87)67(45(31-85)32-86)97-70(55,2)71(82,83)84)36-96-69(90)43-26-49(94-37-53-57(72)61(76)65(80)62(77)58(53)73)30-50(27-43)95-38-54-59(74)63(78)66(81)64(79)60(54)75/h4-21,24-30H,3,22-23,34-38H2,1-2H3/b19-16+,21-20+. The molecule has 0 saturated carbocycles. The molecule has 13 nitrogen and oxygen atoms in total. The van der Waals surface area contributed by atoms with Gasteiger partial charge < -0.3 is 38.1 Å². The number of ether oxygens (including phenoxy) is 7. The van der Waals surface area contributed by atoms with Gasteiger partial charge in [0.1, 0.15) is 86.4 Å². The molecule has 0 aliphatic carbocycles. The van der Waals surface area contributed by atoms with Crippen LogP contribution in [-0.4, -0.2) is 43.4 Å². The van der Waals surface area contributed by atoms with Gasteiger partial charge in [-0.15, -0.1) is 11.3 Å². The molecule has 1 unspecified atom stereocenters. The molecule has 0 N–H and O–H groups in total. The number of rotatable bonds is 25. The molecule has 0 saturated heterocycles. The summed E-state index contributed by atoms with van der Waals surface area (Å²) >= 11 is 0.903. The Bertz CT molecular complexity index is 4390. The molecule has 1 atom stereocenters. The van der Waals surface area contributed by atoms with Crippen molar-refractivity contribution >= 4 is 47.2 Å². The molecular formula is C71H47F13N4O9S. The number of nitrogens with zero attached hydrogens (tertiary/aromatic N) is 4. The number of allylic oxidation sites excluding steroid dienone is 2. The van der Waals surface area contributed by atoms with Crippen LogP contribution in [0, 0.1) is 92.2 Å². The van der Waals surface area contributed by atoms with Gasteiger partial charge in [-0.1, -0.05) is 84.9 Å². The number of anilines is 1. The van der Waals surface area contributed by atoms with E-state index in [4.69, 9.17) is 33.2 Å². The van der Waals surface area contributed by atoms with Crippen LogP contribution in [0.5, 0.6) is 23.0 Å². The van der Waals surface area contributed by atoms with Crippen molar-refractivity contribution in [2.24, 2.45) is 0 Å². The minimum absolute atomic E-state index is 0.0328. The number of nitriles is 3. The number of thiophene rings is 1. The Morgan fingerprint density at radius 2 is 1.00 bits per heavy atom. The van der Waals surface area contributed by atoms with Crippen LogP contribution < -0.4 is 23.8 Å². The van der Waals surface area contributed by atoms with E-state index in [0.29, 0.717) is 35.4 Å². The fraction of sp³-hybridized carbons (Fsp3) is 0.169. The van der Waals surface area contributed by atoms with Crippen molar-refractivity contribution in [3.63, 3.8) is 0 Å². The van der Waals surface area contributed by atoms with E-state index in [1.165, 1.54) is 18.2 Å². The summed E-state index contributed by atoms with van der Waals surface area (Å²) in [7, 11) is 0. The van der Waals surface area contributed by atoms with Crippen molar-refractivity contribution in [3.8, 4) is 41.2 Å². The lowest BCUT2D eigenvalue weighted by Crippen LogP contribution is -2.43. The summed E-state index contributed by atoms with van der Waals surface area (Å²) in [5.41, 5.74) is -6.26. The lowest BCUT2D eigenvalue weighted by molar-refractivity contribution is -0.236. The molecule has 0 bridgehead atoms. The van der Waals surface area contributed by atoms with E-state index in [-0.39, 0.29) is 42.4 Å².